The van der Waals surface area contributed by atoms with Crippen LogP contribution in [0.3, 0.4) is 0 Å². The number of halogens is 1. The predicted molar refractivity (Wildman–Crippen MR) is 83.6 cm³/mol. The van der Waals surface area contributed by atoms with Gasteiger partial charge in [0.2, 0.25) is 0 Å². The van der Waals surface area contributed by atoms with Crippen molar-refractivity contribution in [2.75, 3.05) is 11.9 Å². The number of nitrogens with one attached hydrogen (secondary N) is 1. The highest BCUT2D eigenvalue weighted by Gasteiger charge is 2.29. The summed E-state index contributed by atoms with van der Waals surface area (Å²) in [5, 5.41) is 3.50. The summed E-state index contributed by atoms with van der Waals surface area (Å²) in [6, 6.07) is 6.68. The third-order valence-electron chi connectivity index (χ3n) is 3.88. The monoisotopic (exact) mass is 321 g/mol. The van der Waals surface area contributed by atoms with Crippen LogP contribution in [0.25, 0.3) is 4.48 Å². The Morgan fingerprint density at radius 3 is 2.84 bits per heavy atom. The van der Waals surface area contributed by atoms with Gasteiger partial charge < -0.3 is 10.1 Å². The minimum atomic E-state index is 0.0520. The van der Waals surface area contributed by atoms with E-state index in [1.807, 2.05) is 0 Å². The summed E-state index contributed by atoms with van der Waals surface area (Å²) in [5.41, 5.74) is 5.32. The molecule has 0 bridgehead atoms. The second-order valence-electron chi connectivity index (χ2n) is 6.35. The van der Waals surface area contributed by atoms with E-state index < -0.39 is 0 Å². The van der Waals surface area contributed by atoms with Crippen LogP contribution in [0.4, 0.5) is 5.69 Å². The van der Waals surface area contributed by atoms with Gasteiger partial charge in [0.25, 0.3) is 0 Å². The van der Waals surface area contributed by atoms with Gasteiger partial charge in [-0.1, -0.05) is 26.8 Å². The summed E-state index contributed by atoms with van der Waals surface area (Å²) in [7, 11) is 0. The van der Waals surface area contributed by atoms with Gasteiger partial charge in [0.1, 0.15) is 0 Å². The molecule has 102 valence electrons. The van der Waals surface area contributed by atoms with Crippen LogP contribution in [0.15, 0.2) is 23.8 Å². The molecule has 1 aromatic carbocycles. The molecule has 2 aliphatic heterocycles. The first-order valence-electron chi connectivity index (χ1n) is 6.88. The Balaban J connectivity index is 2.08. The fourth-order valence-electron chi connectivity index (χ4n) is 2.68. The van der Waals surface area contributed by atoms with E-state index in [2.05, 4.69) is 60.2 Å². The number of benzene rings is 1. The van der Waals surface area contributed by atoms with Gasteiger partial charge >= 0.3 is 0 Å². The molecule has 19 heavy (non-hydrogen) atoms. The lowest BCUT2D eigenvalue weighted by atomic mass is 9.85. The molecule has 0 saturated carbocycles. The van der Waals surface area contributed by atoms with E-state index in [0.717, 1.165) is 25.1 Å². The zero-order chi connectivity index (χ0) is 13.6. The normalized spacial score (nSPS) is 22.6. The molecule has 1 aromatic rings. The molecule has 0 aromatic heterocycles. The Hall–Kier alpha value is -0.800. The highest BCUT2D eigenvalue weighted by atomic mass is 79.9. The van der Waals surface area contributed by atoms with Crippen molar-refractivity contribution in [2.24, 2.45) is 0 Å². The molecular weight excluding hydrogens is 302 g/mol. The lowest BCUT2D eigenvalue weighted by Gasteiger charge is -2.34. The number of ether oxygens (including phenoxy) is 1. The number of anilines is 1. The number of hydrogen-bond donors (Lipinski definition) is 1. The van der Waals surface area contributed by atoms with Gasteiger partial charge in [0, 0.05) is 22.3 Å². The predicted octanol–water partition coefficient (Wildman–Crippen LogP) is 4.65. The molecule has 0 amide bonds. The van der Waals surface area contributed by atoms with Crippen LogP contribution in [-0.4, -0.2) is 12.8 Å². The molecule has 1 saturated heterocycles. The SMILES string of the molecule is CC(C)(C)c1ccc2c(c1)C(Br)=C1CCCOC1N2. The molecule has 3 rings (SSSR count). The number of hydrogen-bond acceptors (Lipinski definition) is 2. The third kappa shape index (κ3) is 2.34. The first kappa shape index (κ1) is 13.2. The molecule has 1 atom stereocenters. The second-order valence-corrected chi connectivity index (χ2v) is 7.14. The van der Waals surface area contributed by atoms with Crippen molar-refractivity contribution in [1.82, 2.24) is 0 Å². The molecule has 0 radical (unpaired) electrons. The largest absolute Gasteiger partial charge is 0.356 e. The van der Waals surface area contributed by atoms with Crippen LogP contribution >= 0.6 is 15.9 Å². The maximum atomic E-state index is 5.81. The molecule has 1 fully saturated rings. The van der Waals surface area contributed by atoms with E-state index in [9.17, 15) is 0 Å². The van der Waals surface area contributed by atoms with E-state index in [1.165, 1.54) is 21.2 Å². The minimum absolute atomic E-state index is 0.0520. The Morgan fingerprint density at radius 2 is 2.11 bits per heavy atom. The number of fused-ring (bicyclic) bond motifs is 2. The van der Waals surface area contributed by atoms with Crippen molar-refractivity contribution >= 4 is 26.1 Å². The summed E-state index contributed by atoms with van der Waals surface area (Å²) < 4.78 is 7.03. The van der Waals surface area contributed by atoms with Crippen molar-refractivity contribution in [2.45, 2.75) is 45.3 Å². The van der Waals surface area contributed by atoms with Gasteiger partial charge in [0.15, 0.2) is 6.23 Å². The Bertz CT molecular complexity index is 542. The van der Waals surface area contributed by atoms with Gasteiger partial charge in [-0.2, -0.15) is 0 Å². The van der Waals surface area contributed by atoms with Gasteiger partial charge in [-0.15, -0.1) is 0 Å². The van der Waals surface area contributed by atoms with E-state index >= 15 is 0 Å². The fourth-order valence-corrected chi connectivity index (χ4v) is 3.42. The van der Waals surface area contributed by atoms with Crippen molar-refractivity contribution in [1.29, 1.82) is 0 Å². The van der Waals surface area contributed by atoms with Crippen molar-refractivity contribution in [3.05, 3.63) is 34.9 Å². The zero-order valence-electron chi connectivity index (χ0n) is 11.7. The molecule has 2 aliphatic rings. The van der Waals surface area contributed by atoms with Gasteiger partial charge in [-0.05, 0) is 57.5 Å². The maximum absolute atomic E-state index is 5.81. The Kier molecular flexibility index (Phi) is 3.22. The quantitative estimate of drug-likeness (QED) is 0.750. The second kappa shape index (κ2) is 4.64. The van der Waals surface area contributed by atoms with E-state index in [1.54, 1.807) is 0 Å². The molecule has 0 spiro atoms. The Labute approximate surface area is 123 Å². The van der Waals surface area contributed by atoms with E-state index in [0.29, 0.717) is 0 Å². The van der Waals surface area contributed by atoms with Crippen LogP contribution in [0.1, 0.15) is 44.7 Å². The third-order valence-corrected chi connectivity index (χ3v) is 4.82. The smallest absolute Gasteiger partial charge is 0.151 e. The maximum Gasteiger partial charge on any atom is 0.151 e. The highest BCUT2D eigenvalue weighted by molar-refractivity contribution is 9.15. The van der Waals surface area contributed by atoms with Crippen molar-refractivity contribution in [3.63, 3.8) is 0 Å². The lowest BCUT2D eigenvalue weighted by Crippen LogP contribution is -2.33. The standard InChI is InChI=1S/C16H20BrNO/c1-16(2,3)10-6-7-13-12(9-10)14(17)11-5-4-8-19-15(11)18-13/h6-7,9,15,18H,4-5,8H2,1-3H3. The summed E-state index contributed by atoms with van der Waals surface area (Å²) in [6.07, 6.45) is 2.27. The summed E-state index contributed by atoms with van der Waals surface area (Å²) in [6.45, 7) is 7.59. The van der Waals surface area contributed by atoms with Gasteiger partial charge in [0.05, 0.1) is 0 Å². The average molecular weight is 322 g/mol. The zero-order valence-corrected chi connectivity index (χ0v) is 13.3. The fraction of sp³-hybridized carbons (Fsp3) is 0.500. The highest BCUT2D eigenvalue weighted by Crippen LogP contribution is 2.42. The van der Waals surface area contributed by atoms with Gasteiger partial charge in [-0.3, -0.25) is 0 Å². The Morgan fingerprint density at radius 1 is 1.32 bits per heavy atom. The topological polar surface area (TPSA) is 21.3 Å². The van der Waals surface area contributed by atoms with Crippen LogP contribution in [0, 0.1) is 0 Å². The molecule has 1 unspecified atom stereocenters. The van der Waals surface area contributed by atoms with Crippen LogP contribution in [-0.2, 0) is 10.2 Å². The average Bonchev–Trinajstić information content (AvgIpc) is 2.37. The van der Waals surface area contributed by atoms with E-state index in [4.69, 9.17) is 4.74 Å². The lowest BCUT2D eigenvalue weighted by molar-refractivity contribution is 0.0705. The first-order valence-corrected chi connectivity index (χ1v) is 7.68. The van der Waals surface area contributed by atoms with Crippen LogP contribution < -0.4 is 5.32 Å². The molecule has 1 N–H and O–H groups in total. The molecule has 0 aliphatic carbocycles. The molecule has 2 heterocycles. The van der Waals surface area contributed by atoms with E-state index in [-0.39, 0.29) is 11.6 Å². The van der Waals surface area contributed by atoms with Crippen molar-refractivity contribution in [3.8, 4) is 0 Å². The minimum Gasteiger partial charge on any atom is -0.356 e. The molecular formula is C16H20BrNO. The van der Waals surface area contributed by atoms with Crippen molar-refractivity contribution < 1.29 is 4.74 Å². The summed E-state index contributed by atoms with van der Waals surface area (Å²) in [5.74, 6) is 0. The molecule has 3 heteroatoms. The van der Waals surface area contributed by atoms with Crippen LogP contribution in [0.5, 0.6) is 0 Å². The van der Waals surface area contributed by atoms with Gasteiger partial charge in [-0.25, -0.2) is 0 Å². The molecule has 2 nitrogen and oxygen atoms in total. The summed E-state index contributed by atoms with van der Waals surface area (Å²) in [4.78, 5) is 0. The van der Waals surface area contributed by atoms with Crippen LogP contribution in [0.2, 0.25) is 0 Å². The summed E-state index contributed by atoms with van der Waals surface area (Å²) >= 11 is 3.79. The number of rotatable bonds is 0. The first-order chi connectivity index (χ1) is 8.97.